The summed E-state index contributed by atoms with van der Waals surface area (Å²) < 4.78 is 9.48. The van der Waals surface area contributed by atoms with Gasteiger partial charge in [0, 0.05) is 0 Å². The molecule has 90 valence electrons. The first-order valence-electron chi connectivity index (χ1n) is 5.20. The third-order valence-electron chi connectivity index (χ3n) is 1.89. The van der Waals surface area contributed by atoms with Gasteiger partial charge in [-0.15, -0.1) is 0 Å². The summed E-state index contributed by atoms with van der Waals surface area (Å²) in [7, 11) is 0. The van der Waals surface area contributed by atoms with Gasteiger partial charge in [0.2, 0.25) is 0 Å². The number of esters is 1. The molecule has 1 aromatic heterocycles. The van der Waals surface area contributed by atoms with E-state index in [9.17, 15) is 4.79 Å². The van der Waals surface area contributed by atoms with Gasteiger partial charge in [-0.2, -0.15) is 4.37 Å². The summed E-state index contributed by atoms with van der Waals surface area (Å²) in [5.41, 5.74) is 6.39. The number of rotatable bonds is 2. The monoisotopic (exact) mass is 242 g/mol. The van der Waals surface area contributed by atoms with Crippen LogP contribution in [0.25, 0.3) is 0 Å². The number of nitrogens with zero attached hydrogens (tertiary/aromatic N) is 1. The summed E-state index contributed by atoms with van der Waals surface area (Å²) in [5, 5.41) is 0.429. The zero-order valence-electron chi connectivity index (χ0n) is 10.3. The maximum Gasteiger partial charge on any atom is 0.343 e. The molecule has 0 atom stereocenters. The number of carbonyl (C=O) groups is 1. The molecule has 0 amide bonds. The van der Waals surface area contributed by atoms with E-state index < -0.39 is 5.60 Å². The molecule has 0 fully saturated rings. The zero-order valence-corrected chi connectivity index (χ0v) is 11.1. The summed E-state index contributed by atoms with van der Waals surface area (Å²) in [4.78, 5) is 11.9. The Morgan fingerprint density at radius 1 is 1.44 bits per heavy atom. The fraction of sp³-hybridized carbons (Fsp3) is 0.636. The van der Waals surface area contributed by atoms with Crippen LogP contribution in [0.15, 0.2) is 0 Å². The molecule has 0 bridgehead atoms. The van der Waals surface area contributed by atoms with Crippen molar-refractivity contribution in [3.63, 3.8) is 0 Å². The molecule has 0 aliphatic heterocycles. The van der Waals surface area contributed by atoms with Gasteiger partial charge in [-0.25, -0.2) is 4.79 Å². The van der Waals surface area contributed by atoms with E-state index in [1.165, 1.54) is 0 Å². The molecule has 0 spiro atoms. The van der Waals surface area contributed by atoms with Gasteiger partial charge in [-0.1, -0.05) is 13.8 Å². The van der Waals surface area contributed by atoms with E-state index in [4.69, 9.17) is 10.5 Å². The Labute approximate surface area is 100.0 Å². The molecule has 0 aliphatic rings. The standard InChI is InChI=1S/C11H18N2O2S/c1-6(2)8-7(9(12)16-13-8)10(14)15-11(3,4)5/h6H,12H2,1-5H3. The van der Waals surface area contributed by atoms with Gasteiger partial charge in [0.1, 0.15) is 16.2 Å². The Bertz CT molecular complexity index is 391. The van der Waals surface area contributed by atoms with Gasteiger partial charge in [0.05, 0.1) is 5.69 Å². The van der Waals surface area contributed by atoms with Crippen molar-refractivity contribution < 1.29 is 9.53 Å². The molecule has 0 radical (unpaired) electrons. The maximum atomic E-state index is 11.9. The highest BCUT2D eigenvalue weighted by Crippen LogP contribution is 2.29. The van der Waals surface area contributed by atoms with Crippen molar-refractivity contribution in [1.82, 2.24) is 4.37 Å². The fourth-order valence-corrected chi connectivity index (χ4v) is 2.02. The van der Waals surface area contributed by atoms with Crippen molar-refractivity contribution in [1.29, 1.82) is 0 Å². The van der Waals surface area contributed by atoms with Gasteiger partial charge in [0.15, 0.2) is 0 Å². The van der Waals surface area contributed by atoms with E-state index in [-0.39, 0.29) is 11.9 Å². The summed E-state index contributed by atoms with van der Waals surface area (Å²) in [6.45, 7) is 9.44. The molecule has 1 heterocycles. The highest BCUT2D eigenvalue weighted by atomic mass is 32.1. The largest absolute Gasteiger partial charge is 0.456 e. The summed E-state index contributed by atoms with van der Waals surface area (Å²) in [5.74, 6) is -0.224. The maximum absolute atomic E-state index is 11.9. The van der Waals surface area contributed by atoms with Gasteiger partial charge >= 0.3 is 5.97 Å². The summed E-state index contributed by atoms with van der Waals surface area (Å²) in [6, 6.07) is 0. The predicted molar refractivity (Wildman–Crippen MR) is 65.8 cm³/mol. The minimum atomic E-state index is -0.514. The smallest absolute Gasteiger partial charge is 0.343 e. The number of hydrogen-bond acceptors (Lipinski definition) is 5. The molecule has 0 aromatic carbocycles. The lowest BCUT2D eigenvalue weighted by molar-refractivity contribution is 0.00694. The molecular formula is C11H18N2O2S. The number of aromatic nitrogens is 1. The molecule has 0 unspecified atom stereocenters. The lowest BCUT2D eigenvalue weighted by Crippen LogP contribution is -2.24. The Morgan fingerprint density at radius 2 is 2.00 bits per heavy atom. The number of ether oxygens (including phenoxy) is 1. The molecule has 4 nitrogen and oxygen atoms in total. The number of carbonyl (C=O) groups excluding carboxylic acids is 1. The van der Waals surface area contributed by atoms with Gasteiger partial charge < -0.3 is 10.5 Å². The third kappa shape index (κ3) is 2.95. The SMILES string of the molecule is CC(C)c1nsc(N)c1C(=O)OC(C)(C)C. The van der Waals surface area contributed by atoms with Crippen LogP contribution < -0.4 is 5.73 Å². The second-order valence-electron chi connectivity index (χ2n) is 4.96. The van der Waals surface area contributed by atoms with Crippen LogP contribution >= 0.6 is 11.5 Å². The van der Waals surface area contributed by atoms with Crippen molar-refractivity contribution in [2.24, 2.45) is 0 Å². The Morgan fingerprint density at radius 3 is 2.44 bits per heavy atom. The summed E-state index contributed by atoms with van der Waals surface area (Å²) >= 11 is 1.14. The second-order valence-corrected chi connectivity index (χ2v) is 5.77. The topological polar surface area (TPSA) is 65.2 Å². The lowest BCUT2D eigenvalue weighted by atomic mass is 10.1. The van der Waals surface area contributed by atoms with Crippen molar-refractivity contribution in [2.75, 3.05) is 5.73 Å². The Hall–Kier alpha value is -1.10. The van der Waals surface area contributed by atoms with Crippen molar-refractivity contribution in [3.8, 4) is 0 Å². The molecule has 2 N–H and O–H groups in total. The molecule has 1 aromatic rings. The molecule has 0 saturated heterocycles. The predicted octanol–water partition coefficient (Wildman–Crippen LogP) is 2.80. The first kappa shape index (κ1) is 13.0. The van der Waals surface area contributed by atoms with Gasteiger partial charge in [-0.3, -0.25) is 0 Å². The Balaban J connectivity index is 3.03. The van der Waals surface area contributed by atoms with Crippen LogP contribution in [0.5, 0.6) is 0 Å². The second kappa shape index (κ2) is 4.41. The van der Waals surface area contributed by atoms with E-state index in [0.29, 0.717) is 10.6 Å². The Kier molecular flexibility index (Phi) is 3.57. The fourth-order valence-electron chi connectivity index (χ4n) is 1.24. The number of nitrogen functional groups attached to an aromatic ring is 1. The van der Waals surface area contributed by atoms with Crippen LogP contribution in [-0.2, 0) is 4.74 Å². The minimum absolute atomic E-state index is 0.163. The third-order valence-corrected chi connectivity index (χ3v) is 2.58. The highest BCUT2D eigenvalue weighted by Gasteiger charge is 2.26. The number of hydrogen-bond donors (Lipinski definition) is 1. The molecule has 5 heteroatoms. The quantitative estimate of drug-likeness (QED) is 0.810. The van der Waals surface area contributed by atoms with Crippen LogP contribution in [0.1, 0.15) is 56.6 Å². The number of nitrogens with two attached hydrogens (primary N) is 1. The van der Waals surface area contributed by atoms with Crippen molar-refractivity contribution >= 4 is 22.5 Å². The van der Waals surface area contributed by atoms with E-state index in [1.54, 1.807) is 0 Å². The first-order chi connectivity index (χ1) is 7.22. The van der Waals surface area contributed by atoms with Crippen LogP contribution in [0, 0.1) is 0 Å². The molecule has 1 rings (SSSR count). The highest BCUT2D eigenvalue weighted by molar-refractivity contribution is 7.10. The van der Waals surface area contributed by atoms with Crippen LogP contribution in [0.2, 0.25) is 0 Å². The number of anilines is 1. The van der Waals surface area contributed by atoms with E-state index in [1.807, 2.05) is 34.6 Å². The average molecular weight is 242 g/mol. The average Bonchev–Trinajstić information content (AvgIpc) is 2.43. The van der Waals surface area contributed by atoms with Gasteiger partial charge in [0.25, 0.3) is 0 Å². The van der Waals surface area contributed by atoms with Crippen LogP contribution in [-0.4, -0.2) is 15.9 Å². The van der Waals surface area contributed by atoms with Crippen LogP contribution in [0.4, 0.5) is 5.00 Å². The van der Waals surface area contributed by atoms with E-state index in [2.05, 4.69) is 4.37 Å². The van der Waals surface area contributed by atoms with E-state index in [0.717, 1.165) is 17.2 Å². The molecule has 0 aliphatic carbocycles. The molecular weight excluding hydrogens is 224 g/mol. The molecule has 16 heavy (non-hydrogen) atoms. The first-order valence-corrected chi connectivity index (χ1v) is 5.98. The van der Waals surface area contributed by atoms with Crippen molar-refractivity contribution in [3.05, 3.63) is 11.3 Å². The minimum Gasteiger partial charge on any atom is -0.456 e. The van der Waals surface area contributed by atoms with Crippen molar-refractivity contribution in [2.45, 2.75) is 46.1 Å². The lowest BCUT2D eigenvalue weighted by Gasteiger charge is -2.19. The van der Waals surface area contributed by atoms with Gasteiger partial charge in [-0.05, 0) is 38.2 Å². The zero-order chi connectivity index (χ0) is 12.5. The van der Waals surface area contributed by atoms with Crippen LogP contribution in [0.3, 0.4) is 0 Å². The van der Waals surface area contributed by atoms with E-state index >= 15 is 0 Å². The normalized spacial score (nSPS) is 11.9. The summed E-state index contributed by atoms with van der Waals surface area (Å²) in [6.07, 6.45) is 0. The molecule has 0 saturated carbocycles.